The number of carbonyl (C=O) groups is 1. The number of benzene rings is 1. The largest absolute Gasteiger partial charge is 0.362 e. The summed E-state index contributed by atoms with van der Waals surface area (Å²) in [6.07, 6.45) is 3.88. The molecule has 0 unspecified atom stereocenters. The molecule has 1 amide bonds. The lowest BCUT2D eigenvalue weighted by Crippen LogP contribution is -2.22. The molecule has 1 aromatic carbocycles. The first kappa shape index (κ1) is 23.3. The molecular formula is C24H25FN6O2Si. The average molecular weight is 477 g/mol. The third-order valence-electron chi connectivity index (χ3n) is 5.37. The SMILES string of the molecule is [C-]#[N+]c1cnc2ccc(-c3c(-c4ccc(F)cc4)nn(COCC[Si](C)(C)C)c3NC=O)cn12. The van der Waals surface area contributed by atoms with E-state index in [0.29, 0.717) is 52.7 Å². The third kappa shape index (κ3) is 4.90. The van der Waals surface area contributed by atoms with Crippen molar-refractivity contribution in [3.63, 3.8) is 0 Å². The second kappa shape index (κ2) is 9.58. The quantitative estimate of drug-likeness (QED) is 0.151. The molecule has 174 valence electrons. The zero-order chi connectivity index (χ0) is 24.3. The summed E-state index contributed by atoms with van der Waals surface area (Å²) in [7, 11) is -1.26. The molecule has 0 aliphatic rings. The van der Waals surface area contributed by atoms with Crippen LogP contribution in [0.1, 0.15) is 0 Å². The minimum absolute atomic E-state index is 0.148. The average Bonchev–Trinajstić information content (AvgIpc) is 3.37. The van der Waals surface area contributed by atoms with Gasteiger partial charge in [-0.15, -0.1) is 0 Å². The van der Waals surface area contributed by atoms with E-state index < -0.39 is 8.07 Å². The number of nitrogens with one attached hydrogen (secondary N) is 1. The smallest absolute Gasteiger partial charge is 0.254 e. The number of nitrogens with zero attached hydrogens (tertiary/aromatic N) is 5. The fraction of sp³-hybridized carbons (Fsp3) is 0.250. The summed E-state index contributed by atoms with van der Waals surface area (Å²) in [6, 6.07) is 10.7. The molecule has 10 heteroatoms. The van der Waals surface area contributed by atoms with Gasteiger partial charge in [0.1, 0.15) is 24.1 Å². The van der Waals surface area contributed by atoms with Gasteiger partial charge in [0.05, 0.1) is 18.0 Å². The number of hydrogen-bond acceptors (Lipinski definition) is 4. The number of fused-ring (bicyclic) bond motifs is 1. The Morgan fingerprint density at radius 1 is 1.18 bits per heavy atom. The first-order valence-corrected chi connectivity index (χ1v) is 14.5. The van der Waals surface area contributed by atoms with E-state index in [1.807, 2.05) is 6.07 Å². The van der Waals surface area contributed by atoms with Gasteiger partial charge in [-0.1, -0.05) is 26.2 Å². The molecule has 0 bridgehead atoms. The zero-order valence-electron chi connectivity index (χ0n) is 19.2. The Kier molecular flexibility index (Phi) is 6.58. The molecular weight excluding hydrogens is 451 g/mol. The van der Waals surface area contributed by atoms with Crippen LogP contribution in [-0.2, 0) is 16.3 Å². The van der Waals surface area contributed by atoms with Gasteiger partial charge in [0.15, 0.2) is 0 Å². The lowest BCUT2D eigenvalue weighted by atomic mass is 10.0. The van der Waals surface area contributed by atoms with Gasteiger partial charge in [-0.25, -0.2) is 18.5 Å². The summed E-state index contributed by atoms with van der Waals surface area (Å²) in [5.74, 6) is 0.463. The fourth-order valence-corrected chi connectivity index (χ4v) is 4.33. The Morgan fingerprint density at radius 2 is 1.91 bits per heavy atom. The molecule has 0 saturated heterocycles. The molecule has 0 fully saturated rings. The van der Waals surface area contributed by atoms with Crippen molar-refractivity contribution in [3.8, 4) is 22.4 Å². The molecule has 4 rings (SSSR count). The lowest BCUT2D eigenvalue weighted by Gasteiger charge is -2.15. The molecule has 0 aliphatic carbocycles. The van der Waals surface area contributed by atoms with Crippen LogP contribution in [0.2, 0.25) is 25.7 Å². The van der Waals surface area contributed by atoms with Crippen molar-refractivity contribution < 1.29 is 13.9 Å². The number of anilines is 1. The van der Waals surface area contributed by atoms with E-state index in [-0.39, 0.29) is 12.5 Å². The first-order valence-electron chi connectivity index (χ1n) is 10.8. The highest BCUT2D eigenvalue weighted by Crippen LogP contribution is 2.38. The Hall–Kier alpha value is -3.81. The first-order chi connectivity index (χ1) is 16.3. The van der Waals surface area contributed by atoms with Crippen molar-refractivity contribution >= 4 is 31.8 Å². The van der Waals surface area contributed by atoms with E-state index in [9.17, 15) is 9.18 Å². The van der Waals surface area contributed by atoms with Gasteiger partial charge in [-0.3, -0.25) is 4.79 Å². The number of amides is 1. The van der Waals surface area contributed by atoms with E-state index in [0.717, 1.165) is 6.04 Å². The van der Waals surface area contributed by atoms with Crippen molar-refractivity contribution in [2.75, 3.05) is 11.9 Å². The Bertz CT molecular complexity index is 1370. The Labute approximate surface area is 197 Å². The minimum Gasteiger partial charge on any atom is -0.362 e. The van der Waals surface area contributed by atoms with E-state index >= 15 is 0 Å². The van der Waals surface area contributed by atoms with Crippen LogP contribution < -0.4 is 5.32 Å². The Morgan fingerprint density at radius 3 is 2.59 bits per heavy atom. The zero-order valence-corrected chi connectivity index (χ0v) is 20.2. The summed E-state index contributed by atoms with van der Waals surface area (Å²) in [5.41, 5.74) is 3.22. The molecule has 0 atom stereocenters. The van der Waals surface area contributed by atoms with Crippen LogP contribution in [0.15, 0.2) is 48.8 Å². The lowest BCUT2D eigenvalue weighted by molar-refractivity contribution is -0.105. The summed E-state index contributed by atoms with van der Waals surface area (Å²) < 4.78 is 22.8. The van der Waals surface area contributed by atoms with Crippen LogP contribution in [0.25, 0.3) is 32.9 Å². The van der Waals surface area contributed by atoms with Crippen LogP contribution in [-0.4, -0.2) is 40.3 Å². The second-order valence-electron chi connectivity index (χ2n) is 9.06. The maximum absolute atomic E-state index is 13.6. The van der Waals surface area contributed by atoms with Gasteiger partial charge in [0.2, 0.25) is 12.1 Å². The predicted molar refractivity (Wildman–Crippen MR) is 132 cm³/mol. The summed E-state index contributed by atoms with van der Waals surface area (Å²) in [5, 5.41) is 7.48. The van der Waals surface area contributed by atoms with Crippen LogP contribution in [0.5, 0.6) is 0 Å². The second-order valence-corrected chi connectivity index (χ2v) is 14.7. The molecule has 3 aromatic heterocycles. The number of carbonyl (C=O) groups excluding carboxylic acids is 1. The monoisotopic (exact) mass is 476 g/mol. The number of pyridine rings is 1. The molecule has 0 spiro atoms. The standard InChI is InChI=1S/C24H25FN6O2Si/c1-26-21-13-27-20-10-7-18(14-30(20)21)22-23(17-5-8-19(25)9-6-17)29-31(24(22)28-15-32)16-33-11-12-34(2,3)4/h5-10,13-15H,11-12,16H2,2-4H3,(H,28,32). The number of rotatable bonds is 9. The van der Waals surface area contributed by atoms with Gasteiger partial charge in [0, 0.05) is 31.9 Å². The van der Waals surface area contributed by atoms with E-state index in [4.69, 9.17) is 16.4 Å². The number of ether oxygens (including phenoxy) is 1. The minimum atomic E-state index is -1.26. The van der Waals surface area contributed by atoms with Crippen molar-refractivity contribution in [1.29, 1.82) is 0 Å². The van der Waals surface area contributed by atoms with Crippen LogP contribution >= 0.6 is 0 Å². The van der Waals surface area contributed by atoms with Crippen LogP contribution in [0, 0.1) is 12.4 Å². The van der Waals surface area contributed by atoms with Gasteiger partial charge in [0.25, 0.3) is 5.82 Å². The molecule has 0 aliphatic heterocycles. The summed E-state index contributed by atoms with van der Waals surface area (Å²) in [6.45, 7) is 15.0. The fourth-order valence-electron chi connectivity index (χ4n) is 3.57. The Balaban J connectivity index is 1.83. The van der Waals surface area contributed by atoms with E-state index in [1.165, 1.54) is 18.3 Å². The molecule has 34 heavy (non-hydrogen) atoms. The molecule has 1 N–H and O–H groups in total. The maximum atomic E-state index is 13.6. The molecule has 0 radical (unpaired) electrons. The van der Waals surface area contributed by atoms with E-state index in [2.05, 4.69) is 34.8 Å². The molecule has 0 saturated carbocycles. The van der Waals surface area contributed by atoms with Crippen molar-refractivity contribution in [3.05, 3.63) is 66.0 Å². The molecule has 4 aromatic rings. The van der Waals surface area contributed by atoms with Crippen molar-refractivity contribution in [1.82, 2.24) is 19.2 Å². The normalized spacial score (nSPS) is 11.5. The maximum Gasteiger partial charge on any atom is 0.254 e. The number of halogens is 1. The highest BCUT2D eigenvalue weighted by molar-refractivity contribution is 6.76. The number of aromatic nitrogens is 4. The predicted octanol–water partition coefficient (Wildman–Crippen LogP) is 5.44. The van der Waals surface area contributed by atoms with Gasteiger partial charge < -0.3 is 14.9 Å². The van der Waals surface area contributed by atoms with Gasteiger partial charge in [-0.05, 0) is 36.4 Å². The highest BCUT2D eigenvalue weighted by Gasteiger charge is 2.23. The van der Waals surface area contributed by atoms with Crippen molar-refractivity contribution in [2.24, 2.45) is 0 Å². The topological polar surface area (TPSA) is 77.8 Å². The van der Waals surface area contributed by atoms with E-state index in [1.54, 1.807) is 33.5 Å². The molecule has 8 nitrogen and oxygen atoms in total. The van der Waals surface area contributed by atoms with Crippen molar-refractivity contribution in [2.45, 2.75) is 32.4 Å². The van der Waals surface area contributed by atoms with Crippen LogP contribution in [0.4, 0.5) is 16.0 Å². The van der Waals surface area contributed by atoms with Gasteiger partial charge >= 0.3 is 0 Å². The summed E-state index contributed by atoms with van der Waals surface area (Å²) >= 11 is 0. The summed E-state index contributed by atoms with van der Waals surface area (Å²) in [4.78, 5) is 19.3. The highest BCUT2D eigenvalue weighted by atomic mass is 28.3. The molecule has 3 heterocycles. The van der Waals surface area contributed by atoms with Crippen LogP contribution in [0.3, 0.4) is 0 Å². The number of hydrogen-bond donors (Lipinski definition) is 1. The third-order valence-corrected chi connectivity index (χ3v) is 7.07. The van der Waals surface area contributed by atoms with Gasteiger partial charge in [-0.2, -0.15) is 5.10 Å². The number of imidazole rings is 1.